The molecule has 0 spiro atoms. The Morgan fingerprint density at radius 2 is 1.65 bits per heavy atom. The quantitative estimate of drug-likeness (QED) is 0.634. The van der Waals surface area contributed by atoms with Crippen LogP contribution in [0, 0.1) is 17.1 Å². The van der Waals surface area contributed by atoms with Gasteiger partial charge in [0, 0.05) is 5.69 Å². The van der Waals surface area contributed by atoms with Gasteiger partial charge in [0.25, 0.3) is 5.91 Å². The van der Waals surface area contributed by atoms with Crippen molar-refractivity contribution in [2.75, 3.05) is 26.6 Å². The molecule has 0 radical (unpaired) electrons. The molecule has 0 atom stereocenters. The van der Waals surface area contributed by atoms with E-state index in [0.717, 1.165) is 0 Å². The third-order valence-corrected chi connectivity index (χ3v) is 3.47. The molecule has 0 bridgehead atoms. The number of methoxy groups -OCH3 is 3. The van der Waals surface area contributed by atoms with Gasteiger partial charge < -0.3 is 19.5 Å². The number of ether oxygens (including phenoxy) is 3. The van der Waals surface area contributed by atoms with Crippen LogP contribution in [0.2, 0.25) is 0 Å². The highest BCUT2D eigenvalue weighted by Crippen LogP contribution is 2.38. The van der Waals surface area contributed by atoms with E-state index in [1.54, 1.807) is 12.1 Å². The van der Waals surface area contributed by atoms with Crippen molar-refractivity contribution in [1.82, 2.24) is 0 Å². The van der Waals surface area contributed by atoms with Gasteiger partial charge >= 0.3 is 0 Å². The maximum atomic E-state index is 12.9. The lowest BCUT2D eigenvalue weighted by atomic mass is 10.1. The molecule has 0 unspecified atom stereocenters. The molecule has 0 aliphatic rings. The molecule has 1 N–H and O–H groups in total. The molecule has 6 nitrogen and oxygen atoms in total. The Kier molecular flexibility index (Phi) is 6.17. The first-order valence-electron chi connectivity index (χ1n) is 7.51. The van der Waals surface area contributed by atoms with Crippen molar-refractivity contribution in [3.63, 3.8) is 0 Å². The lowest BCUT2D eigenvalue weighted by molar-refractivity contribution is -0.112. The summed E-state index contributed by atoms with van der Waals surface area (Å²) in [6, 6.07) is 10.3. The Balaban J connectivity index is 2.34. The first kappa shape index (κ1) is 18.8. The normalized spacial score (nSPS) is 10.7. The van der Waals surface area contributed by atoms with Crippen LogP contribution in [0.3, 0.4) is 0 Å². The molecule has 26 heavy (non-hydrogen) atoms. The van der Waals surface area contributed by atoms with E-state index < -0.39 is 11.7 Å². The minimum atomic E-state index is -0.618. The van der Waals surface area contributed by atoms with Crippen molar-refractivity contribution < 1.29 is 23.4 Å². The van der Waals surface area contributed by atoms with Gasteiger partial charge in [0.15, 0.2) is 11.5 Å². The maximum Gasteiger partial charge on any atom is 0.266 e. The van der Waals surface area contributed by atoms with Gasteiger partial charge in [0.05, 0.1) is 21.3 Å². The van der Waals surface area contributed by atoms with Crippen molar-refractivity contribution in [2.24, 2.45) is 0 Å². The molecule has 1 amide bonds. The standard InChI is InChI=1S/C19H17FN2O4/c1-24-16-9-12(10-17(25-2)18(16)26-3)8-13(11-21)19(23)22-15-6-4-14(20)5-7-15/h4-10H,1-3H3,(H,22,23). The average molecular weight is 356 g/mol. The summed E-state index contributed by atoms with van der Waals surface area (Å²) in [7, 11) is 4.42. The van der Waals surface area contributed by atoms with E-state index in [4.69, 9.17) is 14.2 Å². The van der Waals surface area contributed by atoms with Gasteiger partial charge in [-0.1, -0.05) is 0 Å². The zero-order chi connectivity index (χ0) is 19.1. The van der Waals surface area contributed by atoms with Crippen molar-refractivity contribution >= 4 is 17.7 Å². The molecule has 0 heterocycles. The Bertz CT molecular complexity index is 845. The van der Waals surface area contributed by atoms with Crippen LogP contribution >= 0.6 is 0 Å². The minimum absolute atomic E-state index is 0.136. The number of nitriles is 1. The fraction of sp³-hybridized carbons (Fsp3) is 0.158. The van der Waals surface area contributed by atoms with E-state index >= 15 is 0 Å². The van der Waals surface area contributed by atoms with E-state index in [-0.39, 0.29) is 5.57 Å². The lowest BCUT2D eigenvalue weighted by Crippen LogP contribution is -2.13. The number of nitrogens with one attached hydrogen (secondary N) is 1. The summed E-state index contributed by atoms with van der Waals surface area (Å²) >= 11 is 0. The third kappa shape index (κ3) is 4.30. The van der Waals surface area contributed by atoms with Crippen molar-refractivity contribution in [3.05, 3.63) is 53.4 Å². The van der Waals surface area contributed by atoms with Crippen LogP contribution in [0.5, 0.6) is 17.2 Å². The van der Waals surface area contributed by atoms with Crippen molar-refractivity contribution in [1.29, 1.82) is 5.26 Å². The number of carbonyl (C=O) groups excluding carboxylic acids is 1. The summed E-state index contributed by atoms with van der Waals surface area (Å²) in [4.78, 5) is 12.3. The molecule has 7 heteroatoms. The lowest BCUT2D eigenvalue weighted by Gasteiger charge is -2.13. The molecular formula is C19H17FN2O4. The second-order valence-electron chi connectivity index (χ2n) is 5.09. The Morgan fingerprint density at radius 1 is 1.08 bits per heavy atom. The summed E-state index contributed by atoms with van der Waals surface area (Å²) in [6.45, 7) is 0. The van der Waals surface area contributed by atoms with Crippen LogP contribution < -0.4 is 19.5 Å². The summed E-state index contributed by atoms with van der Waals surface area (Å²) in [6.07, 6.45) is 1.39. The largest absolute Gasteiger partial charge is 0.493 e. The Labute approximate surface area is 150 Å². The first-order valence-corrected chi connectivity index (χ1v) is 7.51. The zero-order valence-corrected chi connectivity index (χ0v) is 14.5. The first-order chi connectivity index (χ1) is 12.5. The number of benzene rings is 2. The van der Waals surface area contributed by atoms with Gasteiger partial charge in [0.1, 0.15) is 17.5 Å². The van der Waals surface area contributed by atoms with Gasteiger partial charge in [0.2, 0.25) is 5.75 Å². The van der Waals surface area contributed by atoms with E-state index in [2.05, 4.69) is 5.32 Å². The molecule has 134 valence electrons. The predicted octanol–water partition coefficient (Wildman–Crippen LogP) is 3.40. The molecule has 0 aromatic heterocycles. The molecule has 0 aliphatic carbocycles. The van der Waals surface area contributed by atoms with Crippen molar-refractivity contribution in [2.45, 2.75) is 0 Å². The van der Waals surface area contributed by atoms with Crippen molar-refractivity contribution in [3.8, 4) is 23.3 Å². The second-order valence-corrected chi connectivity index (χ2v) is 5.09. The highest BCUT2D eigenvalue weighted by molar-refractivity contribution is 6.09. The van der Waals surface area contributed by atoms with Gasteiger partial charge in [-0.15, -0.1) is 0 Å². The SMILES string of the molecule is COc1cc(C=C(C#N)C(=O)Nc2ccc(F)cc2)cc(OC)c1OC. The number of hydrogen-bond acceptors (Lipinski definition) is 5. The third-order valence-electron chi connectivity index (χ3n) is 3.47. The molecule has 2 aromatic carbocycles. The Hall–Kier alpha value is -3.53. The molecule has 0 fully saturated rings. The minimum Gasteiger partial charge on any atom is -0.493 e. The van der Waals surface area contributed by atoms with Gasteiger partial charge in [-0.3, -0.25) is 4.79 Å². The number of carbonyl (C=O) groups is 1. The summed E-state index contributed by atoms with van der Waals surface area (Å²) in [5.74, 6) is 0.161. The summed E-state index contributed by atoms with van der Waals surface area (Å²) < 4.78 is 28.7. The number of hydrogen-bond donors (Lipinski definition) is 1. The molecule has 0 aliphatic heterocycles. The average Bonchev–Trinajstić information content (AvgIpc) is 2.66. The van der Waals surface area contributed by atoms with E-state index in [9.17, 15) is 14.4 Å². The Morgan fingerprint density at radius 3 is 2.12 bits per heavy atom. The number of amides is 1. The highest BCUT2D eigenvalue weighted by atomic mass is 19.1. The molecule has 2 rings (SSSR count). The van der Waals surface area contributed by atoms with Crippen LogP contribution in [0.1, 0.15) is 5.56 Å². The molecule has 0 saturated carbocycles. The monoisotopic (exact) mass is 356 g/mol. The van der Waals surface area contributed by atoms with Crippen LogP contribution in [-0.2, 0) is 4.79 Å². The highest BCUT2D eigenvalue weighted by Gasteiger charge is 2.15. The van der Waals surface area contributed by atoms with E-state index in [1.807, 2.05) is 6.07 Å². The molecule has 0 saturated heterocycles. The molecular weight excluding hydrogens is 339 g/mol. The summed E-state index contributed by atoms with van der Waals surface area (Å²) in [5.41, 5.74) is 0.761. The maximum absolute atomic E-state index is 12.9. The number of rotatable bonds is 6. The smallest absolute Gasteiger partial charge is 0.266 e. The van der Waals surface area contributed by atoms with Gasteiger partial charge in [-0.25, -0.2) is 4.39 Å². The van der Waals surface area contributed by atoms with Gasteiger partial charge in [-0.2, -0.15) is 5.26 Å². The predicted molar refractivity (Wildman–Crippen MR) is 94.7 cm³/mol. The summed E-state index contributed by atoms with van der Waals surface area (Å²) in [5, 5.41) is 11.8. The van der Waals surface area contributed by atoms with Crippen LogP contribution in [0.4, 0.5) is 10.1 Å². The topological polar surface area (TPSA) is 80.6 Å². The fourth-order valence-corrected chi connectivity index (χ4v) is 2.23. The van der Waals surface area contributed by atoms with Gasteiger partial charge in [-0.05, 0) is 48.0 Å². The number of halogens is 1. The van der Waals surface area contributed by atoms with E-state index in [1.165, 1.54) is 51.7 Å². The fourth-order valence-electron chi connectivity index (χ4n) is 2.23. The van der Waals surface area contributed by atoms with Crippen LogP contribution in [-0.4, -0.2) is 27.2 Å². The zero-order valence-electron chi connectivity index (χ0n) is 14.5. The van der Waals surface area contributed by atoms with Crippen LogP contribution in [0.15, 0.2) is 42.0 Å². The second kappa shape index (κ2) is 8.53. The number of anilines is 1. The van der Waals surface area contributed by atoms with Crippen LogP contribution in [0.25, 0.3) is 6.08 Å². The number of nitrogens with zero attached hydrogens (tertiary/aromatic N) is 1. The van der Waals surface area contributed by atoms with E-state index in [0.29, 0.717) is 28.5 Å². The molecule has 2 aromatic rings.